The number of carbonyl (C=O) groups excluding carboxylic acids is 2. The van der Waals surface area contributed by atoms with E-state index in [-0.39, 0.29) is 12.5 Å². The molecule has 24 heavy (non-hydrogen) atoms. The quantitative estimate of drug-likeness (QED) is 0.505. The number of carbonyl (C=O) groups is 2. The van der Waals surface area contributed by atoms with Gasteiger partial charge in [0.2, 0.25) is 0 Å². The molecule has 0 N–H and O–H groups in total. The molecule has 126 valence electrons. The Kier molecular flexibility index (Phi) is 6.78. The Morgan fingerprint density at radius 1 is 1.08 bits per heavy atom. The van der Waals surface area contributed by atoms with Gasteiger partial charge in [-0.15, -0.1) is 0 Å². The molecule has 0 radical (unpaired) electrons. The van der Waals surface area contributed by atoms with Crippen molar-refractivity contribution in [2.75, 3.05) is 13.6 Å². The predicted octanol–water partition coefficient (Wildman–Crippen LogP) is 4.13. The first-order valence-electron chi connectivity index (χ1n) is 7.78. The van der Waals surface area contributed by atoms with E-state index in [4.69, 9.17) is 4.74 Å². The van der Waals surface area contributed by atoms with Crippen molar-refractivity contribution in [1.29, 1.82) is 0 Å². The lowest BCUT2D eigenvalue weighted by Gasteiger charge is -2.16. The number of nitrogens with zero attached hydrogens (tertiary/aromatic N) is 1. The zero-order valence-electron chi connectivity index (χ0n) is 13.8. The molecular weight excluding hydrogens is 417 g/mol. The van der Waals surface area contributed by atoms with Crippen molar-refractivity contribution in [2.45, 2.75) is 20.0 Å². The van der Waals surface area contributed by atoms with Crippen LogP contribution in [-0.4, -0.2) is 30.4 Å². The molecule has 0 heterocycles. The second kappa shape index (κ2) is 8.82. The van der Waals surface area contributed by atoms with Crippen LogP contribution in [0.2, 0.25) is 0 Å². The minimum Gasteiger partial charge on any atom is -0.457 e. The second-order valence-electron chi connectivity index (χ2n) is 5.52. The van der Waals surface area contributed by atoms with Gasteiger partial charge in [-0.25, -0.2) is 4.79 Å². The minimum atomic E-state index is -0.426. The van der Waals surface area contributed by atoms with Crippen LogP contribution in [0, 0.1) is 3.57 Å². The van der Waals surface area contributed by atoms with Crippen LogP contribution >= 0.6 is 22.6 Å². The van der Waals surface area contributed by atoms with Crippen LogP contribution in [0.25, 0.3) is 0 Å². The summed E-state index contributed by atoms with van der Waals surface area (Å²) in [4.78, 5) is 26.4. The highest BCUT2D eigenvalue weighted by atomic mass is 127. The van der Waals surface area contributed by atoms with Gasteiger partial charge in [0.05, 0.1) is 5.56 Å². The number of amides is 1. The van der Waals surface area contributed by atoms with Crippen LogP contribution in [0.4, 0.5) is 0 Å². The van der Waals surface area contributed by atoms with E-state index in [1.165, 1.54) is 0 Å². The van der Waals surface area contributed by atoms with Gasteiger partial charge in [0.25, 0.3) is 5.91 Å². The number of benzene rings is 2. The largest absolute Gasteiger partial charge is 0.457 e. The van der Waals surface area contributed by atoms with Gasteiger partial charge >= 0.3 is 5.97 Å². The fraction of sp³-hybridized carbons (Fsp3) is 0.263. The lowest BCUT2D eigenvalue weighted by molar-refractivity contribution is 0.0472. The summed E-state index contributed by atoms with van der Waals surface area (Å²) in [5, 5.41) is 0. The van der Waals surface area contributed by atoms with E-state index in [9.17, 15) is 9.59 Å². The molecule has 2 rings (SSSR count). The molecule has 0 aliphatic rings. The Hall–Kier alpha value is -1.89. The highest BCUT2D eigenvalue weighted by Crippen LogP contribution is 2.16. The highest BCUT2D eigenvalue weighted by molar-refractivity contribution is 14.1. The summed E-state index contributed by atoms with van der Waals surface area (Å²) in [7, 11) is 1.76. The molecule has 4 nitrogen and oxygen atoms in total. The van der Waals surface area contributed by atoms with Gasteiger partial charge in [-0.3, -0.25) is 4.79 Å². The first-order chi connectivity index (χ1) is 11.5. The van der Waals surface area contributed by atoms with Crippen molar-refractivity contribution in [3.05, 3.63) is 68.8 Å². The summed E-state index contributed by atoms with van der Waals surface area (Å²) >= 11 is 2.10. The fourth-order valence-corrected chi connectivity index (χ4v) is 2.97. The summed E-state index contributed by atoms with van der Waals surface area (Å²) < 4.78 is 6.17. The molecule has 0 fully saturated rings. The standard InChI is InChI=1S/C19H20INO3/c1-3-9-21(2)18(22)15-10-16(12-17(20)11-15)19(23)24-13-14-7-5-4-6-8-14/h4-8,10-12H,3,9,13H2,1-2H3. The molecule has 0 atom stereocenters. The third-order valence-corrected chi connectivity index (χ3v) is 4.12. The topological polar surface area (TPSA) is 46.6 Å². The van der Waals surface area contributed by atoms with Crippen LogP contribution in [0.3, 0.4) is 0 Å². The fourth-order valence-electron chi connectivity index (χ4n) is 2.29. The molecule has 0 saturated carbocycles. The Balaban J connectivity index is 2.12. The molecule has 0 unspecified atom stereocenters. The van der Waals surface area contributed by atoms with Crippen LogP contribution in [0.1, 0.15) is 39.6 Å². The molecule has 0 aliphatic carbocycles. The first-order valence-corrected chi connectivity index (χ1v) is 8.86. The van der Waals surface area contributed by atoms with Crippen LogP contribution in [0.15, 0.2) is 48.5 Å². The average Bonchev–Trinajstić information content (AvgIpc) is 2.59. The van der Waals surface area contributed by atoms with Crippen LogP contribution < -0.4 is 0 Å². The third kappa shape index (κ3) is 5.06. The molecule has 1 amide bonds. The van der Waals surface area contributed by atoms with Gasteiger partial charge in [-0.05, 0) is 52.8 Å². The molecule has 2 aromatic rings. The maximum Gasteiger partial charge on any atom is 0.338 e. The molecule has 0 aliphatic heterocycles. The molecule has 2 aromatic carbocycles. The maximum absolute atomic E-state index is 12.4. The Bertz CT molecular complexity index is 716. The molecule has 0 spiro atoms. The number of halogens is 1. The average molecular weight is 437 g/mol. The van der Waals surface area contributed by atoms with Crippen molar-refractivity contribution in [1.82, 2.24) is 4.90 Å². The third-order valence-electron chi connectivity index (χ3n) is 3.50. The van der Waals surface area contributed by atoms with E-state index in [0.717, 1.165) is 15.6 Å². The normalized spacial score (nSPS) is 10.3. The predicted molar refractivity (Wildman–Crippen MR) is 102 cm³/mol. The van der Waals surface area contributed by atoms with Crippen molar-refractivity contribution in [3.63, 3.8) is 0 Å². The summed E-state index contributed by atoms with van der Waals surface area (Å²) in [6.45, 7) is 2.91. The van der Waals surface area contributed by atoms with Crippen molar-refractivity contribution >= 4 is 34.5 Å². The molecule has 0 saturated heterocycles. The minimum absolute atomic E-state index is 0.0903. The van der Waals surface area contributed by atoms with E-state index >= 15 is 0 Å². The number of ether oxygens (including phenoxy) is 1. The number of esters is 1. The molecule has 0 bridgehead atoms. The van der Waals surface area contributed by atoms with E-state index in [1.54, 1.807) is 30.1 Å². The van der Waals surface area contributed by atoms with Crippen molar-refractivity contribution < 1.29 is 14.3 Å². The monoisotopic (exact) mass is 437 g/mol. The Morgan fingerprint density at radius 2 is 1.75 bits per heavy atom. The summed E-state index contributed by atoms with van der Waals surface area (Å²) in [5.41, 5.74) is 1.83. The van der Waals surface area contributed by atoms with E-state index < -0.39 is 5.97 Å². The van der Waals surface area contributed by atoms with Gasteiger partial charge in [0.15, 0.2) is 0 Å². The lowest BCUT2D eigenvalue weighted by Crippen LogP contribution is -2.27. The van der Waals surface area contributed by atoms with E-state index in [2.05, 4.69) is 22.6 Å². The van der Waals surface area contributed by atoms with Gasteiger partial charge < -0.3 is 9.64 Å². The Morgan fingerprint density at radius 3 is 2.42 bits per heavy atom. The van der Waals surface area contributed by atoms with Gasteiger partial charge in [-0.2, -0.15) is 0 Å². The zero-order chi connectivity index (χ0) is 17.5. The summed E-state index contributed by atoms with van der Waals surface area (Å²) in [6, 6.07) is 14.6. The van der Waals surface area contributed by atoms with Gasteiger partial charge in [-0.1, -0.05) is 37.3 Å². The summed E-state index contributed by atoms with van der Waals surface area (Å²) in [6.07, 6.45) is 0.887. The molecular formula is C19H20INO3. The van der Waals surface area contributed by atoms with Gasteiger partial charge in [0.1, 0.15) is 6.61 Å². The molecule has 5 heteroatoms. The second-order valence-corrected chi connectivity index (χ2v) is 6.76. The highest BCUT2D eigenvalue weighted by Gasteiger charge is 2.16. The van der Waals surface area contributed by atoms with Crippen LogP contribution in [0.5, 0.6) is 0 Å². The number of rotatable bonds is 6. The Labute approximate surface area is 156 Å². The van der Waals surface area contributed by atoms with E-state index in [0.29, 0.717) is 17.7 Å². The number of hydrogen-bond donors (Lipinski definition) is 0. The number of hydrogen-bond acceptors (Lipinski definition) is 3. The van der Waals surface area contributed by atoms with E-state index in [1.807, 2.05) is 37.3 Å². The maximum atomic E-state index is 12.4. The summed E-state index contributed by atoms with van der Waals surface area (Å²) in [5.74, 6) is -0.517. The van der Waals surface area contributed by atoms with Crippen LogP contribution in [-0.2, 0) is 11.3 Å². The lowest BCUT2D eigenvalue weighted by atomic mass is 10.1. The zero-order valence-corrected chi connectivity index (χ0v) is 15.9. The molecule has 0 aromatic heterocycles. The smallest absolute Gasteiger partial charge is 0.338 e. The first kappa shape index (κ1) is 18.4. The van der Waals surface area contributed by atoms with Crippen molar-refractivity contribution in [2.24, 2.45) is 0 Å². The van der Waals surface area contributed by atoms with Gasteiger partial charge in [0, 0.05) is 22.7 Å². The van der Waals surface area contributed by atoms with Crippen molar-refractivity contribution in [3.8, 4) is 0 Å². The SMILES string of the molecule is CCCN(C)C(=O)c1cc(I)cc(C(=O)OCc2ccccc2)c1.